The van der Waals surface area contributed by atoms with Gasteiger partial charge in [0.25, 0.3) is 0 Å². The van der Waals surface area contributed by atoms with E-state index in [1.165, 1.54) is 6.07 Å². The van der Waals surface area contributed by atoms with Crippen molar-refractivity contribution < 1.29 is 17.9 Å². The van der Waals surface area contributed by atoms with Crippen LogP contribution in [-0.4, -0.2) is 48.2 Å². The largest absolute Gasteiger partial charge is 0.484 e. The molecule has 0 radical (unpaired) electrons. The number of aliphatic imine (C=N–C) groups is 1. The van der Waals surface area contributed by atoms with Crippen LogP contribution < -0.4 is 10.5 Å². The van der Waals surface area contributed by atoms with Gasteiger partial charge < -0.3 is 15.4 Å². The van der Waals surface area contributed by atoms with Crippen molar-refractivity contribution in [2.24, 2.45) is 10.7 Å². The number of benzene rings is 1. The van der Waals surface area contributed by atoms with Gasteiger partial charge >= 0.3 is 6.18 Å². The molecule has 0 atom stereocenters. The Balaban J connectivity index is 0.00000264. The van der Waals surface area contributed by atoms with Crippen LogP contribution in [-0.2, 0) is 6.54 Å². The van der Waals surface area contributed by atoms with Gasteiger partial charge in [-0.15, -0.1) is 24.0 Å². The highest BCUT2D eigenvalue weighted by atomic mass is 127. The number of rotatable bonds is 4. The molecule has 0 unspecified atom stereocenters. The molecule has 130 valence electrons. The number of halogens is 4. The van der Waals surface area contributed by atoms with Crippen molar-refractivity contribution in [3.05, 3.63) is 29.8 Å². The summed E-state index contributed by atoms with van der Waals surface area (Å²) in [6, 6.07) is 6.56. The van der Waals surface area contributed by atoms with Gasteiger partial charge in [0.05, 0.1) is 6.54 Å². The number of thioether (sulfide) groups is 1. The van der Waals surface area contributed by atoms with Crippen molar-refractivity contribution in [2.45, 2.75) is 12.7 Å². The number of ether oxygens (including phenoxy) is 1. The van der Waals surface area contributed by atoms with E-state index < -0.39 is 12.8 Å². The zero-order valence-corrected chi connectivity index (χ0v) is 15.5. The van der Waals surface area contributed by atoms with Crippen molar-refractivity contribution in [1.29, 1.82) is 0 Å². The van der Waals surface area contributed by atoms with Gasteiger partial charge in [0.1, 0.15) is 5.75 Å². The smallest absolute Gasteiger partial charge is 0.422 e. The summed E-state index contributed by atoms with van der Waals surface area (Å²) in [5.41, 5.74) is 6.52. The van der Waals surface area contributed by atoms with Crippen LogP contribution in [0.4, 0.5) is 13.2 Å². The maximum atomic E-state index is 12.2. The third-order valence-electron chi connectivity index (χ3n) is 3.11. The molecule has 23 heavy (non-hydrogen) atoms. The Morgan fingerprint density at radius 3 is 2.57 bits per heavy atom. The van der Waals surface area contributed by atoms with Crippen molar-refractivity contribution in [2.75, 3.05) is 31.2 Å². The van der Waals surface area contributed by atoms with Crippen LogP contribution in [0.15, 0.2) is 29.3 Å². The Bertz CT molecular complexity index is 522. The second-order valence-corrected chi connectivity index (χ2v) is 6.01. The van der Waals surface area contributed by atoms with E-state index in [-0.39, 0.29) is 36.3 Å². The molecule has 1 aliphatic rings. The first kappa shape index (κ1) is 20.2. The lowest BCUT2D eigenvalue weighted by molar-refractivity contribution is -0.153. The highest BCUT2D eigenvalue weighted by Gasteiger charge is 2.28. The highest BCUT2D eigenvalue weighted by molar-refractivity contribution is 14.0. The molecular weight excluding hydrogens is 442 g/mol. The third kappa shape index (κ3) is 7.06. The first-order chi connectivity index (χ1) is 10.5. The standard InChI is InChI=1S/C14H18F3N3OS.HI/c15-14(16,17)10-21-12-4-2-1-3-11(12)9-19-13(18)20-5-7-22-8-6-20;/h1-4H,5-10H2,(H2,18,19);1H. The number of hydrogen-bond donors (Lipinski definition) is 1. The van der Waals surface area contributed by atoms with Gasteiger partial charge in [-0.3, -0.25) is 0 Å². The minimum absolute atomic E-state index is 0. The molecule has 4 nitrogen and oxygen atoms in total. The van der Waals surface area contributed by atoms with E-state index in [1.807, 2.05) is 16.7 Å². The number of nitrogens with two attached hydrogens (primary N) is 1. The average Bonchev–Trinajstić information content (AvgIpc) is 2.51. The molecule has 0 saturated carbocycles. The fraction of sp³-hybridized carbons (Fsp3) is 0.500. The van der Waals surface area contributed by atoms with Crippen LogP contribution in [0.1, 0.15) is 5.56 Å². The summed E-state index contributed by atoms with van der Waals surface area (Å²) in [7, 11) is 0. The fourth-order valence-corrected chi connectivity index (χ4v) is 2.90. The summed E-state index contributed by atoms with van der Waals surface area (Å²) in [5.74, 6) is 2.61. The Labute approximate surface area is 154 Å². The lowest BCUT2D eigenvalue weighted by atomic mass is 10.2. The highest BCUT2D eigenvalue weighted by Crippen LogP contribution is 2.22. The van der Waals surface area contributed by atoms with Gasteiger partial charge in [-0.2, -0.15) is 24.9 Å². The van der Waals surface area contributed by atoms with Crippen molar-refractivity contribution in [1.82, 2.24) is 4.90 Å². The molecule has 0 amide bonds. The van der Waals surface area contributed by atoms with E-state index in [2.05, 4.69) is 4.99 Å². The van der Waals surface area contributed by atoms with Crippen molar-refractivity contribution in [3.63, 3.8) is 0 Å². The zero-order chi connectivity index (χ0) is 16.0. The Morgan fingerprint density at radius 2 is 1.91 bits per heavy atom. The molecule has 1 aliphatic heterocycles. The minimum atomic E-state index is -4.36. The van der Waals surface area contributed by atoms with Crippen molar-refractivity contribution >= 4 is 41.7 Å². The summed E-state index contributed by atoms with van der Waals surface area (Å²) in [6.07, 6.45) is -4.36. The van der Waals surface area contributed by atoms with E-state index in [9.17, 15) is 13.2 Å². The number of nitrogens with zero attached hydrogens (tertiary/aromatic N) is 2. The van der Waals surface area contributed by atoms with Gasteiger partial charge in [-0.05, 0) is 6.07 Å². The normalized spacial score (nSPS) is 16.0. The second kappa shape index (κ2) is 9.45. The zero-order valence-electron chi connectivity index (χ0n) is 12.4. The molecule has 9 heteroatoms. The summed E-state index contributed by atoms with van der Waals surface area (Å²) in [4.78, 5) is 6.25. The third-order valence-corrected chi connectivity index (χ3v) is 4.05. The molecule has 0 aliphatic carbocycles. The van der Waals surface area contributed by atoms with Crippen molar-refractivity contribution in [3.8, 4) is 5.75 Å². The van der Waals surface area contributed by atoms with Gasteiger partial charge in [-0.25, -0.2) is 4.99 Å². The summed E-state index contributed by atoms with van der Waals surface area (Å²) < 4.78 is 41.6. The average molecular weight is 461 g/mol. The summed E-state index contributed by atoms with van der Waals surface area (Å²) in [6.45, 7) is 0.564. The van der Waals surface area contributed by atoms with Crippen LogP contribution in [0.5, 0.6) is 5.75 Å². The minimum Gasteiger partial charge on any atom is -0.484 e. The topological polar surface area (TPSA) is 50.9 Å². The lowest BCUT2D eigenvalue weighted by Gasteiger charge is -2.27. The molecule has 1 aromatic rings. The van der Waals surface area contributed by atoms with E-state index in [1.54, 1.807) is 18.2 Å². The van der Waals surface area contributed by atoms with Gasteiger partial charge in [0, 0.05) is 30.2 Å². The molecule has 1 aromatic carbocycles. The maximum Gasteiger partial charge on any atom is 0.422 e. The van der Waals surface area contributed by atoms with Crippen LogP contribution in [0.25, 0.3) is 0 Å². The lowest BCUT2D eigenvalue weighted by Crippen LogP contribution is -2.42. The van der Waals surface area contributed by atoms with E-state index in [4.69, 9.17) is 10.5 Å². The summed E-state index contributed by atoms with van der Waals surface area (Å²) >= 11 is 1.86. The molecule has 0 aromatic heterocycles. The molecule has 2 rings (SSSR count). The van der Waals surface area contributed by atoms with E-state index in [0.29, 0.717) is 11.5 Å². The molecule has 1 heterocycles. The predicted molar refractivity (Wildman–Crippen MR) is 97.6 cm³/mol. The maximum absolute atomic E-state index is 12.2. The molecule has 1 saturated heterocycles. The van der Waals surface area contributed by atoms with Crippen LogP contribution >= 0.6 is 35.7 Å². The number of guanidine groups is 1. The number of hydrogen-bond acceptors (Lipinski definition) is 3. The molecule has 0 bridgehead atoms. The first-order valence-electron chi connectivity index (χ1n) is 6.86. The molecule has 2 N–H and O–H groups in total. The summed E-state index contributed by atoms with van der Waals surface area (Å²) in [5, 5.41) is 0. The van der Waals surface area contributed by atoms with Crippen LogP contribution in [0, 0.1) is 0 Å². The molecule has 1 fully saturated rings. The van der Waals surface area contributed by atoms with E-state index in [0.717, 1.165) is 24.6 Å². The fourth-order valence-electron chi connectivity index (χ4n) is 1.99. The monoisotopic (exact) mass is 461 g/mol. The predicted octanol–water partition coefficient (Wildman–Crippen LogP) is 3.11. The number of alkyl halides is 3. The first-order valence-corrected chi connectivity index (χ1v) is 8.01. The second-order valence-electron chi connectivity index (χ2n) is 4.79. The van der Waals surface area contributed by atoms with Gasteiger partial charge in [-0.1, -0.05) is 18.2 Å². The van der Waals surface area contributed by atoms with Crippen LogP contribution in [0.2, 0.25) is 0 Å². The Morgan fingerprint density at radius 1 is 1.26 bits per heavy atom. The van der Waals surface area contributed by atoms with Gasteiger partial charge in [0.15, 0.2) is 12.6 Å². The van der Waals surface area contributed by atoms with E-state index >= 15 is 0 Å². The van der Waals surface area contributed by atoms with Crippen LogP contribution in [0.3, 0.4) is 0 Å². The molecule has 0 spiro atoms. The Kier molecular flexibility index (Phi) is 8.31. The Hall–Kier alpha value is -0.840. The quantitative estimate of drug-likeness (QED) is 0.426. The number of para-hydroxylation sites is 1. The van der Waals surface area contributed by atoms with Gasteiger partial charge in [0.2, 0.25) is 0 Å². The SMILES string of the molecule is I.NC(=NCc1ccccc1OCC(F)(F)F)N1CCSCC1. The molecular formula is C14H19F3IN3OS.